The Morgan fingerprint density at radius 1 is 1.32 bits per heavy atom. The molecule has 0 saturated carbocycles. The molecule has 3 N–H and O–H groups in total. The van der Waals surface area contributed by atoms with Crippen LogP contribution in [0.2, 0.25) is 0 Å². The van der Waals surface area contributed by atoms with Gasteiger partial charge in [0.05, 0.1) is 6.54 Å². The summed E-state index contributed by atoms with van der Waals surface area (Å²) >= 11 is 0. The first kappa shape index (κ1) is 14.9. The predicted octanol–water partition coefficient (Wildman–Crippen LogP) is -0.957. The average Bonchev–Trinajstić information content (AvgIpc) is 2.69. The molecular weight excluding hydrogens is 256 g/mol. The molecule has 2 amide bonds. The molecule has 0 radical (unpaired) electrons. The fourth-order valence-electron chi connectivity index (χ4n) is 1.81. The van der Waals surface area contributed by atoms with E-state index in [1.807, 2.05) is 0 Å². The van der Waals surface area contributed by atoms with Gasteiger partial charge in [-0.15, -0.1) is 0 Å². The molecule has 1 heterocycles. The smallest absolute Gasteiger partial charge is 0.326 e. The van der Waals surface area contributed by atoms with E-state index in [1.54, 1.807) is 0 Å². The van der Waals surface area contributed by atoms with Gasteiger partial charge in [0.1, 0.15) is 6.04 Å². The molecule has 1 aliphatic heterocycles. The highest BCUT2D eigenvalue weighted by Crippen LogP contribution is 2.08. The molecular formula is C11H16N2O6. The molecule has 8 heteroatoms. The summed E-state index contributed by atoms with van der Waals surface area (Å²) < 4.78 is 0. The molecule has 0 aromatic rings. The zero-order valence-corrected chi connectivity index (χ0v) is 10.3. The first-order valence-corrected chi connectivity index (χ1v) is 5.92. The normalized spacial score (nSPS) is 16.2. The van der Waals surface area contributed by atoms with Crippen LogP contribution < -0.4 is 5.32 Å². The number of hydrogen-bond acceptors (Lipinski definition) is 4. The third kappa shape index (κ3) is 4.94. The van der Waals surface area contributed by atoms with Crippen molar-refractivity contribution in [2.75, 3.05) is 13.1 Å². The summed E-state index contributed by atoms with van der Waals surface area (Å²) in [7, 11) is 0. The lowest BCUT2D eigenvalue weighted by molar-refractivity contribution is -0.143. The van der Waals surface area contributed by atoms with E-state index in [4.69, 9.17) is 10.2 Å². The number of carbonyl (C=O) groups is 4. The summed E-state index contributed by atoms with van der Waals surface area (Å²) in [5.41, 5.74) is 0. The number of likely N-dealkylation sites (tertiary alicyclic amines) is 1. The lowest BCUT2D eigenvalue weighted by atomic mass is 10.1. The second-order valence-corrected chi connectivity index (χ2v) is 4.31. The van der Waals surface area contributed by atoms with Crippen molar-refractivity contribution in [3.8, 4) is 0 Å². The second kappa shape index (κ2) is 6.72. The van der Waals surface area contributed by atoms with Crippen LogP contribution in [-0.2, 0) is 19.2 Å². The van der Waals surface area contributed by atoms with E-state index in [1.165, 1.54) is 4.90 Å². The summed E-state index contributed by atoms with van der Waals surface area (Å²) in [6.45, 7) is 0.300. The van der Waals surface area contributed by atoms with E-state index in [0.29, 0.717) is 19.4 Å². The van der Waals surface area contributed by atoms with Gasteiger partial charge in [-0.1, -0.05) is 0 Å². The number of carboxylic acids is 2. The molecule has 1 fully saturated rings. The number of amides is 2. The molecule has 19 heavy (non-hydrogen) atoms. The Morgan fingerprint density at radius 3 is 2.47 bits per heavy atom. The third-order valence-electron chi connectivity index (χ3n) is 2.79. The zero-order chi connectivity index (χ0) is 14.4. The van der Waals surface area contributed by atoms with Gasteiger partial charge >= 0.3 is 11.9 Å². The van der Waals surface area contributed by atoms with Crippen LogP contribution in [0.15, 0.2) is 0 Å². The molecule has 1 saturated heterocycles. The van der Waals surface area contributed by atoms with E-state index in [2.05, 4.69) is 5.32 Å². The van der Waals surface area contributed by atoms with Crippen molar-refractivity contribution >= 4 is 23.8 Å². The number of hydrogen-bond donors (Lipinski definition) is 3. The minimum absolute atomic E-state index is 0.132. The number of carboxylic acid groups (broad SMARTS) is 2. The summed E-state index contributed by atoms with van der Waals surface area (Å²) in [4.78, 5) is 45.5. The number of carbonyl (C=O) groups excluding carboxylic acids is 2. The number of rotatable bonds is 7. The van der Waals surface area contributed by atoms with Crippen molar-refractivity contribution in [3.63, 3.8) is 0 Å². The predicted molar refractivity (Wildman–Crippen MR) is 62.3 cm³/mol. The molecule has 1 aliphatic rings. The first-order chi connectivity index (χ1) is 8.90. The topological polar surface area (TPSA) is 124 Å². The SMILES string of the molecule is O=C(O)CCC(NC(=O)CN1CCCC1=O)C(=O)O. The fourth-order valence-corrected chi connectivity index (χ4v) is 1.81. The monoisotopic (exact) mass is 272 g/mol. The standard InChI is InChI=1S/C11H16N2O6/c14-8(6-13-5-1-2-9(13)15)12-7(11(18)19)3-4-10(16)17/h7H,1-6H2,(H,12,14)(H,16,17)(H,18,19). The van der Waals surface area contributed by atoms with E-state index >= 15 is 0 Å². The van der Waals surface area contributed by atoms with Crippen molar-refractivity contribution in [2.45, 2.75) is 31.7 Å². The van der Waals surface area contributed by atoms with Crippen LogP contribution in [0, 0.1) is 0 Å². The van der Waals surface area contributed by atoms with Gasteiger partial charge in [0.2, 0.25) is 11.8 Å². The van der Waals surface area contributed by atoms with Crippen molar-refractivity contribution in [1.29, 1.82) is 0 Å². The van der Waals surface area contributed by atoms with Gasteiger partial charge in [-0.2, -0.15) is 0 Å². The summed E-state index contributed by atoms with van der Waals surface area (Å²) in [6, 6.07) is -1.25. The maximum Gasteiger partial charge on any atom is 0.326 e. The Hall–Kier alpha value is -2.12. The van der Waals surface area contributed by atoms with Gasteiger partial charge in [0.25, 0.3) is 0 Å². The van der Waals surface area contributed by atoms with Crippen LogP contribution in [0.5, 0.6) is 0 Å². The lowest BCUT2D eigenvalue weighted by Gasteiger charge is -2.18. The largest absolute Gasteiger partial charge is 0.481 e. The molecule has 8 nitrogen and oxygen atoms in total. The Balaban J connectivity index is 2.44. The maximum absolute atomic E-state index is 11.6. The van der Waals surface area contributed by atoms with Crippen molar-refractivity contribution < 1.29 is 29.4 Å². The summed E-state index contributed by atoms with van der Waals surface area (Å²) in [5.74, 6) is -3.14. The fraction of sp³-hybridized carbons (Fsp3) is 0.636. The molecule has 0 bridgehead atoms. The van der Waals surface area contributed by atoms with E-state index in [9.17, 15) is 19.2 Å². The van der Waals surface area contributed by atoms with Crippen LogP contribution in [0.3, 0.4) is 0 Å². The van der Waals surface area contributed by atoms with Gasteiger partial charge in [-0.05, 0) is 12.8 Å². The van der Waals surface area contributed by atoms with Crippen LogP contribution >= 0.6 is 0 Å². The Kier molecular flexibility index (Phi) is 5.28. The number of nitrogens with zero attached hydrogens (tertiary/aromatic N) is 1. The summed E-state index contributed by atoms with van der Waals surface area (Å²) in [6.07, 6.45) is 0.548. The Morgan fingerprint density at radius 2 is 2.00 bits per heavy atom. The highest BCUT2D eigenvalue weighted by atomic mass is 16.4. The number of nitrogens with one attached hydrogen (secondary N) is 1. The van der Waals surface area contributed by atoms with Gasteiger partial charge in [-0.25, -0.2) is 4.79 Å². The minimum atomic E-state index is -1.29. The number of aliphatic carboxylic acids is 2. The minimum Gasteiger partial charge on any atom is -0.481 e. The van der Waals surface area contributed by atoms with Crippen LogP contribution in [0.25, 0.3) is 0 Å². The van der Waals surface area contributed by atoms with Crippen LogP contribution in [-0.4, -0.2) is 58.0 Å². The van der Waals surface area contributed by atoms with Gasteiger partial charge < -0.3 is 20.4 Å². The van der Waals surface area contributed by atoms with Gasteiger partial charge in [0, 0.05) is 19.4 Å². The van der Waals surface area contributed by atoms with Gasteiger partial charge in [0.15, 0.2) is 0 Å². The third-order valence-corrected chi connectivity index (χ3v) is 2.79. The average molecular weight is 272 g/mol. The second-order valence-electron chi connectivity index (χ2n) is 4.31. The molecule has 1 rings (SSSR count). The van der Waals surface area contributed by atoms with Gasteiger partial charge in [-0.3, -0.25) is 14.4 Å². The Bertz CT molecular complexity index is 395. The first-order valence-electron chi connectivity index (χ1n) is 5.92. The molecule has 1 atom stereocenters. The van der Waals surface area contributed by atoms with Crippen molar-refractivity contribution in [2.24, 2.45) is 0 Å². The van der Waals surface area contributed by atoms with Crippen molar-refractivity contribution in [3.05, 3.63) is 0 Å². The van der Waals surface area contributed by atoms with E-state index in [-0.39, 0.29) is 25.3 Å². The molecule has 0 aromatic heterocycles. The molecule has 106 valence electrons. The zero-order valence-electron chi connectivity index (χ0n) is 10.3. The Labute approximate surface area is 109 Å². The highest BCUT2D eigenvalue weighted by Gasteiger charge is 2.25. The lowest BCUT2D eigenvalue weighted by Crippen LogP contribution is -2.46. The van der Waals surface area contributed by atoms with E-state index < -0.39 is 23.9 Å². The molecule has 0 aromatic carbocycles. The van der Waals surface area contributed by atoms with Crippen LogP contribution in [0.1, 0.15) is 25.7 Å². The molecule has 0 aliphatic carbocycles. The van der Waals surface area contributed by atoms with Crippen LogP contribution in [0.4, 0.5) is 0 Å². The van der Waals surface area contributed by atoms with E-state index in [0.717, 1.165) is 0 Å². The summed E-state index contributed by atoms with van der Waals surface area (Å²) in [5, 5.41) is 19.6. The highest BCUT2D eigenvalue weighted by molar-refractivity contribution is 5.88. The molecule has 1 unspecified atom stereocenters. The molecule has 0 spiro atoms. The maximum atomic E-state index is 11.6. The van der Waals surface area contributed by atoms with Crippen molar-refractivity contribution in [1.82, 2.24) is 10.2 Å². The quantitative estimate of drug-likeness (QED) is 0.548.